The molecular formula is C12H17Cl3N2. The molecule has 0 aromatic heterocycles. The fourth-order valence-corrected chi connectivity index (χ4v) is 2.59. The molecule has 1 atom stereocenters. The van der Waals surface area contributed by atoms with Gasteiger partial charge in [0.2, 0.25) is 0 Å². The minimum atomic E-state index is 0. The molecule has 1 saturated heterocycles. The molecule has 0 bridgehead atoms. The topological polar surface area (TPSA) is 29.3 Å². The standard InChI is InChI=1S/C12H16Cl2N2.ClH/c13-10-4-3-9(12(14)6-10)7-16-5-1-2-11(15)8-16;/h3-4,6,11H,1-2,5,7-8,15H2;1H/t11-;/m1./s1. The van der Waals surface area contributed by atoms with Gasteiger partial charge in [0.1, 0.15) is 0 Å². The second-order valence-electron chi connectivity index (χ2n) is 4.37. The number of benzene rings is 1. The Morgan fingerprint density at radius 1 is 1.35 bits per heavy atom. The van der Waals surface area contributed by atoms with Crippen LogP contribution in [0.25, 0.3) is 0 Å². The lowest BCUT2D eigenvalue weighted by atomic mass is 10.1. The van der Waals surface area contributed by atoms with Crippen LogP contribution in [0.5, 0.6) is 0 Å². The first-order valence-corrected chi connectivity index (χ1v) is 6.32. The Labute approximate surface area is 118 Å². The van der Waals surface area contributed by atoms with Crippen LogP contribution in [0.15, 0.2) is 18.2 Å². The smallest absolute Gasteiger partial charge is 0.0465 e. The van der Waals surface area contributed by atoms with Gasteiger partial charge in [-0.1, -0.05) is 29.3 Å². The van der Waals surface area contributed by atoms with E-state index in [0.29, 0.717) is 11.1 Å². The van der Waals surface area contributed by atoms with E-state index in [1.54, 1.807) is 6.07 Å². The van der Waals surface area contributed by atoms with E-state index in [9.17, 15) is 0 Å². The molecule has 0 radical (unpaired) electrons. The summed E-state index contributed by atoms with van der Waals surface area (Å²) in [4.78, 5) is 2.35. The SMILES string of the molecule is Cl.N[C@@H]1CCCN(Cc2ccc(Cl)cc2Cl)C1. The van der Waals surface area contributed by atoms with E-state index in [0.717, 1.165) is 36.6 Å². The molecular weight excluding hydrogens is 279 g/mol. The van der Waals surface area contributed by atoms with Crippen molar-refractivity contribution < 1.29 is 0 Å². The van der Waals surface area contributed by atoms with Gasteiger partial charge >= 0.3 is 0 Å². The van der Waals surface area contributed by atoms with Crippen molar-refractivity contribution in [3.05, 3.63) is 33.8 Å². The van der Waals surface area contributed by atoms with Gasteiger partial charge in [-0.05, 0) is 37.1 Å². The van der Waals surface area contributed by atoms with Crippen LogP contribution < -0.4 is 5.73 Å². The molecule has 1 aromatic carbocycles. The Hall–Kier alpha value is 0.01000. The van der Waals surface area contributed by atoms with E-state index < -0.39 is 0 Å². The zero-order chi connectivity index (χ0) is 11.5. The van der Waals surface area contributed by atoms with Crippen molar-refractivity contribution in [3.8, 4) is 0 Å². The van der Waals surface area contributed by atoms with Crippen molar-refractivity contribution in [2.75, 3.05) is 13.1 Å². The molecule has 1 aromatic rings. The summed E-state index contributed by atoms with van der Waals surface area (Å²) in [7, 11) is 0. The minimum Gasteiger partial charge on any atom is -0.327 e. The lowest BCUT2D eigenvalue weighted by molar-refractivity contribution is 0.201. The summed E-state index contributed by atoms with van der Waals surface area (Å²) in [6.45, 7) is 2.93. The van der Waals surface area contributed by atoms with Gasteiger partial charge in [0.05, 0.1) is 0 Å². The summed E-state index contributed by atoms with van der Waals surface area (Å²) in [6.07, 6.45) is 2.30. The predicted molar refractivity (Wildman–Crippen MR) is 76.2 cm³/mol. The average molecular weight is 296 g/mol. The molecule has 1 aliphatic heterocycles. The number of piperidine rings is 1. The molecule has 1 heterocycles. The first kappa shape index (κ1) is 15.1. The third-order valence-corrected chi connectivity index (χ3v) is 3.54. The normalized spacial score (nSPS) is 21.0. The third-order valence-electron chi connectivity index (χ3n) is 2.95. The van der Waals surface area contributed by atoms with Gasteiger partial charge in [0, 0.05) is 29.2 Å². The highest BCUT2D eigenvalue weighted by atomic mass is 35.5. The summed E-state index contributed by atoms with van der Waals surface area (Å²) in [5.41, 5.74) is 7.07. The monoisotopic (exact) mass is 294 g/mol. The fraction of sp³-hybridized carbons (Fsp3) is 0.500. The zero-order valence-electron chi connectivity index (χ0n) is 9.53. The molecule has 2 nitrogen and oxygen atoms in total. The highest BCUT2D eigenvalue weighted by molar-refractivity contribution is 6.35. The predicted octanol–water partition coefficient (Wildman–Crippen LogP) is 3.34. The second kappa shape index (κ2) is 6.81. The first-order valence-electron chi connectivity index (χ1n) is 5.57. The Kier molecular flexibility index (Phi) is 6.04. The lowest BCUT2D eigenvalue weighted by Crippen LogP contribution is -2.42. The lowest BCUT2D eigenvalue weighted by Gasteiger charge is -2.30. The number of nitrogens with zero attached hydrogens (tertiary/aromatic N) is 1. The van der Waals surface area contributed by atoms with Gasteiger partial charge in [-0.25, -0.2) is 0 Å². The largest absolute Gasteiger partial charge is 0.327 e. The van der Waals surface area contributed by atoms with Crippen molar-refractivity contribution in [1.82, 2.24) is 4.90 Å². The number of halogens is 3. The van der Waals surface area contributed by atoms with Crippen molar-refractivity contribution >= 4 is 35.6 Å². The Bertz CT molecular complexity index is 371. The molecule has 5 heteroatoms. The molecule has 96 valence electrons. The summed E-state index contributed by atoms with van der Waals surface area (Å²) in [5.74, 6) is 0. The van der Waals surface area contributed by atoms with Gasteiger partial charge in [0.15, 0.2) is 0 Å². The van der Waals surface area contributed by atoms with Crippen LogP contribution in [-0.2, 0) is 6.54 Å². The maximum absolute atomic E-state index is 6.14. The van der Waals surface area contributed by atoms with Gasteiger partial charge in [0.25, 0.3) is 0 Å². The number of rotatable bonds is 2. The quantitative estimate of drug-likeness (QED) is 0.907. The van der Waals surface area contributed by atoms with E-state index in [4.69, 9.17) is 28.9 Å². The van der Waals surface area contributed by atoms with Crippen LogP contribution in [0.1, 0.15) is 18.4 Å². The molecule has 1 aliphatic rings. The zero-order valence-corrected chi connectivity index (χ0v) is 11.9. The van der Waals surface area contributed by atoms with E-state index in [1.165, 1.54) is 6.42 Å². The molecule has 1 fully saturated rings. The van der Waals surface area contributed by atoms with E-state index in [-0.39, 0.29) is 12.4 Å². The highest BCUT2D eigenvalue weighted by Gasteiger charge is 2.17. The molecule has 0 saturated carbocycles. The molecule has 0 aliphatic carbocycles. The molecule has 17 heavy (non-hydrogen) atoms. The van der Waals surface area contributed by atoms with E-state index in [2.05, 4.69) is 4.90 Å². The summed E-state index contributed by atoms with van der Waals surface area (Å²) in [5, 5.41) is 1.43. The van der Waals surface area contributed by atoms with Crippen molar-refractivity contribution in [2.24, 2.45) is 5.73 Å². The molecule has 0 unspecified atom stereocenters. The van der Waals surface area contributed by atoms with Gasteiger partial charge in [-0.2, -0.15) is 0 Å². The second-order valence-corrected chi connectivity index (χ2v) is 5.22. The number of nitrogens with two attached hydrogens (primary N) is 1. The fourth-order valence-electron chi connectivity index (χ4n) is 2.13. The molecule has 2 N–H and O–H groups in total. The number of likely N-dealkylation sites (tertiary alicyclic amines) is 1. The first-order chi connectivity index (χ1) is 7.65. The van der Waals surface area contributed by atoms with Crippen LogP contribution in [-0.4, -0.2) is 24.0 Å². The maximum Gasteiger partial charge on any atom is 0.0465 e. The Morgan fingerprint density at radius 2 is 2.12 bits per heavy atom. The summed E-state index contributed by atoms with van der Waals surface area (Å²) < 4.78 is 0. The van der Waals surface area contributed by atoms with Crippen LogP contribution >= 0.6 is 35.6 Å². The van der Waals surface area contributed by atoms with Crippen molar-refractivity contribution in [2.45, 2.75) is 25.4 Å². The molecule has 0 spiro atoms. The minimum absolute atomic E-state index is 0. The average Bonchev–Trinajstić information content (AvgIpc) is 2.22. The maximum atomic E-state index is 6.14. The van der Waals surface area contributed by atoms with Crippen LogP contribution in [0.3, 0.4) is 0 Å². The van der Waals surface area contributed by atoms with Gasteiger partial charge in [-0.3, -0.25) is 4.90 Å². The molecule has 2 rings (SSSR count). The van der Waals surface area contributed by atoms with Crippen molar-refractivity contribution in [1.29, 1.82) is 0 Å². The van der Waals surface area contributed by atoms with E-state index >= 15 is 0 Å². The van der Waals surface area contributed by atoms with E-state index in [1.807, 2.05) is 12.1 Å². The van der Waals surface area contributed by atoms with Gasteiger partial charge < -0.3 is 5.73 Å². The number of hydrogen-bond acceptors (Lipinski definition) is 2. The molecule has 0 amide bonds. The summed E-state index contributed by atoms with van der Waals surface area (Å²) in [6, 6.07) is 5.97. The Balaban J connectivity index is 0.00000144. The Morgan fingerprint density at radius 3 is 2.76 bits per heavy atom. The van der Waals surface area contributed by atoms with Crippen LogP contribution in [0, 0.1) is 0 Å². The van der Waals surface area contributed by atoms with Crippen LogP contribution in [0.4, 0.5) is 0 Å². The van der Waals surface area contributed by atoms with Gasteiger partial charge in [-0.15, -0.1) is 12.4 Å². The van der Waals surface area contributed by atoms with Crippen LogP contribution in [0.2, 0.25) is 10.0 Å². The third kappa shape index (κ3) is 4.31. The summed E-state index contributed by atoms with van der Waals surface area (Å²) >= 11 is 12.0. The van der Waals surface area contributed by atoms with Crippen molar-refractivity contribution in [3.63, 3.8) is 0 Å². The highest BCUT2D eigenvalue weighted by Crippen LogP contribution is 2.23. The number of hydrogen-bond donors (Lipinski definition) is 1.